The molecule has 0 spiro atoms. The van der Waals surface area contributed by atoms with Gasteiger partial charge in [-0.05, 0) is 6.42 Å². The molecule has 0 aliphatic rings. The van der Waals surface area contributed by atoms with E-state index < -0.39 is 8.25 Å². The molecule has 1 N–H and O–H groups in total. The first-order valence-corrected chi connectivity index (χ1v) is 3.44. The first kappa shape index (κ1) is 8.69. The van der Waals surface area contributed by atoms with Gasteiger partial charge in [0.1, 0.15) is 6.61 Å². The van der Waals surface area contributed by atoms with Crippen molar-refractivity contribution in [1.82, 2.24) is 0 Å². The normalized spacial score (nSPS) is 12.4. The summed E-state index contributed by atoms with van der Waals surface area (Å²) < 4.78 is 25.1. The van der Waals surface area contributed by atoms with Gasteiger partial charge in [0, 0.05) is 4.57 Å². The van der Waals surface area contributed by atoms with Crippen LogP contribution in [-0.4, -0.2) is 11.5 Å². The van der Waals surface area contributed by atoms with E-state index in [4.69, 9.17) is 4.89 Å². The van der Waals surface area contributed by atoms with Gasteiger partial charge in [-0.1, -0.05) is 6.08 Å². The Balaban J connectivity index is 3.01. The molecule has 0 fully saturated rings. The molecule has 52 valence electrons. The summed E-state index contributed by atoms with van der Waals surface area (Å²) >= 11 is 0. The highest BCUT2D eigenvalue weighted by molar-refractivity contribution is 7.32. The second-order valence-electron chi connectivity index (χ2n) is 1.22. The van der Waals surface area contributed by atoms with Crippen molar-refractivity contribution < 1.29 is 18.4 Å². The van der Waals surface area contributed by atoms with Crippen molar-refractivity contribution in [3.05, 3.63) is 12.4 Å². The first-order chi connectivity index (χ1) is 4.27. The van der Waals surface area contributed by atoms with Crippen LogP contribution in [0, 0.1) is 0 Å². The highest BCUT2D eigenvalue weighted by Crippen LogP contribution is 2.13. The Hall–Kier alpha value is -0.310. The van der Waals surface area contributed by atoms with Crippen molar-refractivity contribution in [2.45, 2.75) is 6.42 Å². The predicted molar refractivity (Wildman–Crippen MR) is 30.6 cm³/mol. The van der Waals surface area contributed by atoms with Crippen molar-refractivity contribution in [2.24, 2.45) is 0 Å². The average molecular weight is 153 g/mol. The number of hydrogen-bond donors (Lipinski definition) is 1. The fourth-order valence-electron chi connectivity index (χ4n) is 0.262. The topological polar surface area (TPSA) is 46.5 Å². The molecule has 1 unspecified atom stereocenters. The molecule has 0 amide bonds. The summed E-state index contributed by atoms with van der Waals surface area (Å²) in [6.07, 6.45) is 1.89. The zero-order valence-electron chi connectivity index (χ0n) is 4.66. The molecule has 0 aromatic rings. The predicted octanol–water partition coefficient (Wildman–Crippen LogP) is 1.53. The Labute approximate surface area is 53.1 Å². The van der Waals surface area contributed by atoms with Gasteiger partial charge in [-0.3, -0.25) is 0 Å². The van der Waals surface area contributed by atoms with Gasteiger partial charge in [-0.2, -0.15) is 0 Å². The molecule has 0 saturated heterocycles. The fraction of sp³-hybridized carbons (Fsp3) is 0.500. The van der Waals surface area contributed by atoms with Gasteiger partial charge < -0.3 is 0 Å². The summed E-state index contributed by atoms with van der Waals surface area (Å²) in [6, 6.07) is 0. The third-order valence-corrected chi connectivity index (χ3v) is 0.979. The summed E-state index contributed by atoms with van der Waals surface area (Å²) in [6.45, 7) is 0.0755. The molecule has 0 saturated carbocycles. The van der Waals surface area contributed by atoms with Crippen LogP contribution in [-0.2, 0) is 9.09 Å². The highest BCUT2D eigenvalue weighted by Gasteiger charge is 2.08. The van der Waals surface area contributed by atoms with E-state index in [1.165, 1.54) is 6.08 Å². The Morgan fingerprint density at radius 3 is 2.89 bits per heavy atom. The maximum Gasteiger partial charge on any atom is 0.694 e. The Morgan fingerprint density at radius 2 is 2.44 bits per heavy atom. The molecule has 0 aromatic carbocycles. The third-order valence-electron chi connectivity index (χ3n) is 0.575. The minimum Gasteiger partial charge on any atom is -0.216 e. The van der Waals surface area contributed by atoms with E-state index in [-0.39, 0.29) is 6.61 Å². The molecule has 1 atom stereocenters. The zero-order valence-corrected chi connectivity index (χ0v) is 5.55. The van der Waals surface area contributed by atoms with Crippen molar-refractivity contribution >= 4 is 8.25 Å². The second-order valence-corrected chi connectivity index (χ2v) is 1.96. The Morgan fingerprint density at radius 1 is 1.78 bits per heavy atom. The lowest BCUT2D eigenvalue weighted by Gasteiger charge is -1.79. The number of halogens is 1. The summed E-state index contributed by atoms with van der Waals surface area (Å²) in [5.74, 6) is 0. The van der Waals surface area contributed by atoms with Gasteiger partial charge in [-0.25, -0.2) is 4.39 Å². The van der Waals surface area contributed by atoms with Crippen LogP contribution in [0.25, 0.3) is 0 Å². The molecule has 0 aliphatic heterocycles. The minimum atomic E-state index is -2.52. The monoisotopic (exact) mass is 153 g/mol. The van der Waals surface area contributed by atoms with Crippen LogP contribution in [0.4, 0.5) is 4.39 Å². The zero-order chi connectivity index (χ0) is 7.11. The van der Waals surface area contributed by atoms with Crippen LogP contribution >= 0.6 is 8.25 Å². The Kier molecular flexibility index (Phi) is 5.62. The fourth-order valence-corrected chi connectivity index (χ4v) is 0.523. The van der Waals surface area contributed by atoms with E-state index in [0.717, 1.165) is 0 Å². The van der Waals surface area contributed by atoms with E-state index in [1.807, 2.05) is 0 Å². The van der Waals surface area contributed by atoms with Crippen molar-refractivity contribution in [3.8, 4) is 0 Å². The van der Waals surface area contributed by atoms with Crippen LogP contribution in [0.15, 0.2) is 12.4 Å². The molecular formula is C4H7FO3P+. The molecule has 0 aliphatic carbocycles. The van der Waals surface area contributed by atoms with Crippen molar-refractivity contribution in [3.63, 3.8) is 0 Å². The lowest BCUT2D eigenvalue weighted by atomic mass is 10.5. The van der Waals surface area contributed by atoms with Gasteiger partial charge in [0.25, 0.3) is 0 Å². The summed E-state index contributed by atoms with van der Waals surface area (Å²) in [5, 5.41) is 0. The van der Waals surface area contributed by atoms with Crippen LogP contribution in [0.3, 0.4) is 0 Å². The quantitative estimate of drug-likeness (QED) is 0.492. The van der Waals surface area contributed by atoms with Crippen LogP contribution in [0.5, 0.6) is 0 Å². The molecule has 5 heteroatoms. The van der Waals surface area contributed by atoms with Crippen LogP contribution in [0.2, 0.25) is 0 Å². The maximum absolute atomic E-state index is 11.1. The van der Waals surface area contributed by atoms with Crippen LogP contribution in [0.1, 0.15) is 6.42 Å². The molecule has 0 bridgehead atoms. The first-order valence-electron chi connectivity index (χ1n) is 2.31. The number of hydrogen-bond acceptors (Lipinski definition) is 2. The average Bonchev–Trinajstić information content (AvgIpc) is 1.80. The summed E-state index contributed by atoms with van der Waals surface area (Å²) in [7, 11) is -2.52. The van der Waals surface area contributed by atoms with E-state index in [0.29, 0.717) is 12.8 Å². The third kappa shape index (κ3) is 7.69. The van der Waals surface area contributed by atoms with Gasteiger partial charge in [0.05, 0.1) is 6.33 Å². The van der Waals surface area contributed by atoms with Crippen LogP contribution < -0.4 is 0 Å². The number of rotatable bonds is 4. The standard InChI is InChI=1S/C4H6FO3P/c5-3-1-2-4-8-9(6)7/h1,3H,2,4H2/p+1. The smallest absolute Gasteiger partial charge is 0.216 e. The molecule has 0 radical (unpaired) electrons. The van der Waals surface area contributed by atoms with E-state index in [2.05, 4.69) is 4.52 Å². The van der Waals surface area contributed by atoms with E-state index in [1.54, 1.807) is 0 Å². The van der Waals surface area contributed by atoms with E-state index in [9.17, 15) is 8.96 Å². The lowest BCUT2D eigenvalue weighted by molar-refractivity contribution is 0.287. The second kappa shape index (κ2) is 5.82. The molecule has 0 aromatic heterocycles. The van der Waals surface area contributed by atoms with E-state index >= 15 is 0 Å². The lowest BCUT2D eigenvalue weighted by Crippen LogP contribution is -1.81. The molecule has 9 heavy (non-hydrogen) atoms. The molecule has 0 rings (SSSR count). The maximum atomic E-state index is 11.1. The van der Waals surface area contributed by atoms with Gasteiger partial charge >= 0.3 is 8.25 Å². The van der Waals surface area contributed by atoms with Crippen molar-refractivity contribution in [2.75, 3.05) is 6.61 Å². The van der Waals surface area contributed by atoms with Crippen molar-refractivity contribution in [1.29, 1.82) is 0 Å². The largest absolute Gasteiger partial charge is 0.694 e. The summed E-state index contributed by atoms with van der Waals surface area (Å²) in [4.78, 5) is 8.02. The summed E-state index contributed by atoms with van der Waals surface area (Å²) in [5.41, 5.74) is 0. The van der Waals surface area contributed by atoms with Gasteiger partial charge in [0.2, 0.25) is 0 Å². The highest BCUT2D eigenvalue weighted by atomic mass is 31.1. The minimum absolute atomic E-state index is 0.0755. The van der Waals surface area contributed by atoms with Gasteiger partial charge in [-0.15, -0.1) is 9.42 Å². The molecule has 0 heterocycles. The molecular weight excluding hydrogens is 146 g/mol. The SMILES string of the molecule is O=[P+](O)OCCC=CF. The molecule has 3 nitrogen and oxygen atoms in total. The van der Waals surface area contributed by atoms with Gasteiger partial charge in [0.15, 0.2) is 0 Å². The Bertz CT molecular complexity index is 114.